The maximum absolute atomic E-state index is 12.0. The number of amides is 1. The predicted molar refractivity (Wildman–Crippen MR) is 76.4 cm³/mol. The van der Waals surface area contributed by atoms with Gasteiger partial charge in [-0.25, -0.2) is 8.42 Å². The first-order valence-corrected chi connectivity index (χ1v) is 8.23. The molecule has 0 aromatic heterocycles. The molecule has 4 N–H and O–H groups in total. The highest BCUT2D eigenvalue weighted by Gasteiger charge is 2.30. The van der Waals surface area contributed by atoms with E-state index in [2.05, 4.69) is 5.32 Å². The minimum atomic E-state index is -3.15. The Morgan fingerprint density at radius 1 is 1.10 bits per heavy atom. The van der Waals surface area contributed by atoms with Gasteiger partial charge in [-0.3, -0.25) is 4.79 Å². The molecule has 0 heterocycles. The summed E-state index contributed by atoms with van der Waals surface area (Å²) in [7, 11) is -3.15. The number of hydrogen-bond donors (Lipinski definition) is 4. The van der Waals surface area contributed by atoms with Crippen molar-refractivity contribution in [3.8, 4) is 0 Å². The van der Waals surface area contributed by atoms with E-state index in [1.807, 2.05) is 0 Å². The van der Waals surface area contributed by atoms with Gasteiger partial charge in [0.1, 0.15) is 5.54 Å². The molecule has 0 unspecified atom stereocenters. The smallest absolute Gasteiger partial charge is 0.251 e. The monoisotopic (exact) mass is 317 g/mol. The quantitative estimate of drug-likeness (QED) is 0.494. The Morgan fingerprint density at radius 2 is 1.57 bits per heavy atom. The van der Waals surface area contributed by atoms with Gasteiger partial charge in [0.15, 0.2) is 9.84 Å². The van der Waals surface area contributed by atoms with E-state index in [4.69, 9.17) is 15.3 Å². The lowest BCUT2D eigenvalue weighted by Gasteiger charge is -2.28. The first-order chi connectivity index (χ1) is 9.75. The second-order valence-electron chi connectivity index (χ2n) is 4.98. The zero-order valence-electron chi connectivity index (χ0n) is 11.6. The third kappa shape index (κ3) is 5.09. The van der Waals surface area contributed by atoms with Gasteiger partial charge in [0.25, 0.3) is 5.91 Å². The van der Waals surface area contributed by atoms with Crippen molar-refractivity contribution >= 4 is 15.7 Å². The maximum atomic E-state index is 12.0. The fraction of sp³-hybridized carbons (Fsp3) is 0.462. The highest BCUT2D eigenvalue weighted by molar-refractivity contribution is 7.89. The van der Waals surface area contributed by atoms with Gasteiger partial charge in [0, 0.05) is 11.8 Å². The van der Waals surface area contributed by atoms with E-state index in [9.17, 15) is 13.2 Å². The van der Waals surface area contributed by atoms with Crippen molar-refractivity contribution in [3.63, 3.8) is 0 Å². The van der Waals surface area contributed by atoms with Gasteiger partial charge in [-0.05, 0) is 17.7 Å². The van der Waals surface area contributed by atoms with Crippen LogP contribution in [0.4, 0.5) is 0 Å². The minimum absolute atomic E-state index is 0.122. The standard InChI is InChI=1S/C13H19NO6S/c1-21(19,20)6-10-2-4-11(5-3-10)12(18)14-13(7-15,8-16)9-17/h2-5,15-17H,6-9H2,1H3,(H,14,18). The van der Waals surface area contributed by atoms with E-state index in [1.165, 1.54) is 24.3 Å². The van der Waals surface area contributed by atoms with Crippen molar-refractivity contribution in [2.24, 2.45) is 0 Å². The molecular formula is C13H19NO6S. The van der Waals surface area contributed by atoms with Crippen LogP contribution in [0.15, 0.2) is 24.3 Å². The summed E-state index contributed by atoms with van der Waals surface area (Å²) < 4.78 is 22.3. The third-order valence-electron chi connectivity index (χ3n) is 2.93. The molecule has 1 amide bonds. The van der Waals surface area contributed by atoms with Gasteiger partial charge in [0.05, 0.1) is 25.6 Å². The topological polar surface area (TPSA) is 124 Å². The number of nitrogens with one attached hydrogen (secondary N) is 1. The maximum Gasteiger partial charge on any atom is 0.251 e. The predicted octanol–water partition coefficient (Wildman–Crippen LogP) is -1.32. The fourth-order valence-corrected chi connectivity index (χ4v) is 2.43. The summed E-state index contributed by atoms with van der Waals surface area (Å²) in [5, 5.41) is 29.8. The average molecular weight is 317 g/mol. The summed E-state index contributed by atoms with van der Waals surface area (Å²) in [6, 6.07) is 5.89. The molecule has 8 heteroatoms. The van der Waals surface area contributed by atoms with Gasteiger partial charge in [-0.2, -0.15) is 0 Å². The molecule has 0 aliphatic heterocycles. The average Bonchev–Trinajstić information content (AvgIpc) is 2.44. The molecular weight excluding hydrogens is 298 g/mol. The molecule has 7 nitrogen and oxygen atoms in total. The first-order valence-electron chi connectivity index (χ1n) is 6.17. The Morgan fingerprint density at radius 3 is 1.95 bits per heavy atom. The summed E-state index contributed by atoms with van der Waals surface area (Å²) in [6.07, 6.45) is 1.12. The Kier molecular flexibility index (Phi) is 5.85. The van der Waals surface area contributed by atoms with Crippen LogP contribution >= 0.6 is 0 Å². The van der Waals surface area contributed by atoms with Crippen molar-refractivity contribution in [2.75, 3.05) is 26.1 Å². The molecule has 0 bridgehead atoms. The number of carbonyl (C=O) groups excluding carboxylic acids is 1. The Labute approximate surface area is 123 Å². The normalized spacial score (nSPS) is 12.2. The van der Waals surface area contributed by atoms with Crippen LogP contribution in [-0.2, 0) is 15.6 Å². The lowest BCUT2D eigenvalue weighted by Crippen LogP contribution is -2.57. The molecule has 118 valence electrons. The molecule has 0 atom stereocenters. The largest absolute Gasteiger partial charge is 0.394 e. The number of hydrogen-bond acceptors (Lipinski definition) is 6. The summed E-state index contributed by atoms with van der Waals surface area (Å²) in [5.74, 6) is -0.707. The zero-order valence-corrected chi connectivity index (χ0v) is 12.4. The van der Waals surface area contributed by atoms with Crippen molar-refractivity contribution < 1.29 is 28.5 Å². The van der Waals surface area contributed by atoms with E-state index < -0.39 is 41.1 Å². The lowest BCUT2D eigenvalue weighted by molar-refractivity contribution is 0.0375. The number of aliphatic hydroxyl groups is 3. The zero-order chi connectivity index (χ0) is 16.1. The fourth-order valence-electron chi connectivity index (χ4n) is 1.64. The Hall–Kier alpha value is -1.48. The highest BCUT2D eigenvalue weighted by atomic mass is 32.2. The molecule has 0 saturated carbocycles. The van der Waals surface area contributed by atoms with Crippen LogP contribution in [0, 0.1) is 0 Å². The van der Waals surface area contributed by atoms with E-state index in [1.54, 1.807) is 0 Å². The van der Waals surface area contributed by atoms with Crippen LogP contribution in [0.2, 0.25) is 0 Å². The molecule has 1 aromatic rings. The molecule has 1 rings (SSSR count). The van der Waals surface area contributed by atoms with Gasteiger partial charge in [-0.1, -0.05) is 12.1 Å². The minimum Gasteiger partial charge on any atom is -0.394 e. The van der Waals surface area contributed by atoms with Crippen LogP contribution in [0.5, 0.6) is 0 Å². The Balaban J connectivity index is 2.84. The van der Waals surface area contributed by atoms with Gasteiger partial charge < -0.3 is 20.6 Å². The van der Waals surface area contributed by atoms with Crippen LogP contribution < -0.4 is 5.32 Å². The second kappa shape index (κ2) is 6.99. The van der Waals surface area contributed by atoms with Crippen LogP contribution in [0.3, 0.4) is 0 Å². The van der Waals surface area contributed by atoms with Crippen molar-refractivity contribution in [1.29, 1.82) is 0 Å². The summed E-state index contributed by atoms with van der Waals surface area (Å²) in [6.45, 7) is -1.84. The van der Waals surface area contributed by atoms with Crippen molar-refractivity contribution in [2.45, 2.75) is 11.3 Å². The molecule has 0 aliphatic carbocycles. The van der Waals surface area contributed by atoms with Crippen LogP contribution in [0.1, 0.15) is 15.9 Å². The summed E-state index contributed by atoms with van der Waals surface area (Å²) in [5.41, 5.74) is -0.721. The van der Waals surface area contributed by atoms with Gasteiger partial charge in [-0.15, -0.1) is 0 Å². The molecule has 0 fully saturated rings. The number of aliphatic hydroxyl groups excluding tert-OH is 3. The van der Waals surface area contributed by atoms with E-state index in [0.29, 0.717) is 5.56 Å². The van der Waals surface area contributed by atoms with Crippen LogP contribution in [-0.4, -0.2) is 61.3 Å². The number of sulfone groups is 1. The molecule has 0 radical (unpaired) electrons. The number of rotatable bonds is 7. The molecule has 0 spiro atoms. The summed E-state index contributed by atoms with van der Waals surface area (Å²) >= 11 is 0. The lowest BCUT2D eigenvalue weighted by atomic mass is 10.0. The van der Waals surface area contributed by atoms with E-state index in [-0.39, 0.29) is 11.3 Å². The molecule has 0 saturated heterocycles. The Bertz CT molecular complexity index is 569. The van der Waals surface area contributed by atoms with E-state index >= 15 is 0 Å². The van der Waals surface area contributed by atoms with Gasteiger partial charge in [0.2, 0.25) is 0 Å². The van der Waals surface area contributed by atoms with E-state index in [0.717, 1.165) is 6.26 Å². The van der Waals surface area contributed by atoms with Crippen molar-refractivity contribution in [3.05, 3.63) is 35.4 Å². The molecule has 21 heavy (non-hydrogen) atoms. The molecule has 0 aliphatic rings. The van der Waals surface area contributed by atoms with Crippen molar-refractivity contribution in [1.82, 2.24) is 5.32 Å². The van der Waals surface area contributed by atoms with Gasteiger partial charge >= 0.3 is 0 Å². The highest BCUT2D eigenvalue weighted by Crippen LogP contribution is 2.10. The number of benzene rings is 1. The second-order valence-corrected chi connectivity index (χ2v) is 7.12. The summed E-state index contributed by atoms with van der Waals surface area (Å²) in [4.78, 5) is 12.0. The first kappa shape index (κ1) is 17.6. The third-order valence-corrected chi connectivity index (χ3v) is 3.79. The van der Waals surface area contributed by atoms with Crippen LogP contribution in [0.25, 0.3) is 0 Å². The SMILES string of the molecule is CS(=O)(=O)Cc1ccc(C(=O)NC(CO)(CO)CO)cc1. The number of carbonyl (C=O) groups is 1. The molecule has 1 aromatic carbocycles.